The summed E-state index contributed by atoms with van der Waals surface area (Å²) in [4.78, 5) is 0. The van der Waals surface area contributed by atoms with E-state index in [2.05, 4.69) is 10.4 Å². The van der Waals surface area contributed by atoms with Gasteiger partial charge in [0, 0.05) is 16.6 Å². The summed E-state index contributed by atoms with van der Waals surface area (Å²) in [7, 11) is 0. The summed E-state index contributed by atoms with van der Waals surface area (Å²) < 4.78 is 4.25. The average Bonchev–Trinajstić information content (AvgIpc) is 2.53. The molecule has 0 aliphatic heterocycles. The number of rotatable bonds is 1. The van der Waals surface area contributed by atoms with Gasteiger partial charge in [0.2, 0.25) is 0 Å². The van der Waals surface area contributed by atoms with Gasteiger partial charge in [-0.3, -0.25) is 0 Å². The Bertz CT molecular complexity index is 387. The Hall–Kier alpha value is -1.35. The minimum atomic E-state index is 0.794. The van der Waals surface area contributed by atoms with Gasteiger partial charge in [0.15, 0.2) is 0 Å². The number of hydrogen-bond acceptors (Lipinski definition) is 3. The highest BCUT2D eigenvalue weighted by molar-refractivity contribution is 7.03. The number of hydrogen-bond donors (Lipinski definition) is 1. The van der Waals surface area contributed by atoms with E-state index in [-0.39, 0.29) is 0 Å². The van der Waals surface area contributed by atoms with Crippen LogP contribution in [0, 0.1) is 6.92 Å². The van der Waals surface area contributed by atoms with Crippen molar-refractivity contribution in [1.29, 1.82) is 0 Å². The fourth-order valence-corrected chi connectivity index (χ4v) is 1.85. The van der Waals surface area contributed by atoms with E-state index in [0.29, 0.717) is 0 Å². The van der Waals surface area contributed by atoms with Gasteiger partial charge in [-0.15, -0.1) is 0 Å². The lowest BCUT2D eigenvalue weighted by molar-refractivity contribution is 1.44. The molecule has 0 bridgehead atoms. The van der Waals surface area contributed by atoms with Gasteiger partial charge in [-0.25, -0.2) is 0 Å². The molecule has 2 nitrogen and oxygen atoms in total. The van der Waals surface area contributed by atoms with Crippen molar-refractivity contribution in [2.24, 2.45) is 0 Å². The first-order valence-electron chi connectivity index (χ1n) is 4.03. The van der Waals surface area contributed by atoms with E-state index < -0.39 is 0 Å². The highest BCUT2D eigenvalue weighted by atomic mass is 32.1. The van der Waals surface area contributed by atoms with E-state index in [1.165, 1.54) is 17.1 Å². The summed E-state index contributed by atoms with van der Waals surface area (Å²) in [6, 6.07) is 7.99. The van der Waals surface area contributed by atoms with Crippen LogP contribution in [0.5, 0.6) is 0 Å². The van der Waals surface area contributed by atoms with E-state index in [1.54, 1.807) is 0 Å². The van der Waals surface area contributed by atoms with Crippen molar-refractivity contribution < 1.29 is 0 Å². The zero-order valence-electron chi connectivity index (χ0n) is 7.32. The van der Waals surface area contributed by atoms with Crippen LogP contribution in [0.25, 0.3) is 11.3 Å². The molecule has 2 N–H and O–H groups in total. The van der Waals surface area contributed by atoms with Crippen molar-refractivity contribution in [1.82, 2.24) is 4.37 Å². The molecule has 0 amide bonds. The number of aromatic nitrogens is 1. The molecule has 2 rings (SSSR count). The average molecular weight is 190 g/mol. The molecule has 0 radical (unpaired) electrons. The topological polar surface area (TPSA) is 38.9 Å². The summed E-state index contributed by atoms with van der Waals surface area (Å²) in [5.41, 5.74) is 9.80. The zero-order chi connectivity index (χ0) is 9.26. The zero-order valence-corrected chi connectivity index (χ0v) is 8.14. The van der Waals surface area contributed by atoms with Crippen LogP contribution in [-0.2, 0) is 0 Å². The number of nitrogens with two attached hydrogens (primary N) is 1. The van der Waals surface area contributed by atoms with Crippen LogP contribution in [0.3, 0.4) is 0 Å². The summed E-state index contributed by atoms with van der Waals surface area (Å²) in [6.45, 7) is 2.03. The minimum absolute atomic E-state index is 0.794. The third kappa shape index (κ3) is 1.70. The lowest BCUT2D eigenvalue weighted by atomic mass is 10.1. The Morgan fingerprint density at radius 1 is 1.31 bits per heavy atom. The van der Waals surface area contributed by atoms with Crippen molar-refractivity contribution in [2.45, 2.75) is 6.92 Å². The lowest BCUT2D eigenvalue weighted by Crippen LogP contribution is -1.87. The van der Waals surface area contributed by atoms with Crippen LogP contribution < -0.4 is 5.73 Å². The number of nitrogens with zero attached hydrogens (tertiary/aromatic N) is 1. The van der Waals surface area contributed by atoms with Crippen molar-refractivity contribution >= 4 is 17.2 Å². The Morgan fingerprint density at radius 3 is 2.77 bits per heavy atom. The standard InChI is InChI=1S/C10H10N2S/c1-7-4-8(6-9(11)5-7)10-2-3-13-12-10/h2-6H,11H2,1H3. The molecule has 66 valence electrons. The monoisotopic (exact) mass is 190 g/mol. The van der Waals surface area contributed by atoms with E-state index in [0.717, 1.165) is 16.9 Å². The molecule has 0 spiro atoms. The number of nitrogen functional groups attached to an aromatic ring is 1. The minimum Gasteiger partial charge on any atom is -0.399 e. The van der Waals surface area contributed by atoms with E-state index >= 15 is 0 Å². The predicted octanol–water partition coefficient (Wildman–Crippen LogP) is 2.70. The fraction of sp³-hybridized carbons (Fsp3) is 0.100. The Kier molecular flexibility index (Phi) is 2.02. The van der Waals surface area contributed by atoms with Gasteiger partial charge < -0.3 is 5.73 Å². The molecule has 0 aliphatic carbocycles. The SMILES string of the molecule is Cc1cc(N)cc(-c2ccsn2)c1. The summed E-state index contributed by atoms with van der Waals surface area (Å²) >= 11 is 1.46. The first-order valence-corrected chi connectivity index (χ1v) is 4.87. The van der Waals surface area contributed by atoms with Gasteiger partial charge in [-0.05, 0) is 48.3 Å². The largest absolute Gasteiger partial charge is 0.399 e. The molecule has 0 atom stereocenters. The molecule has 1 aromatic carbocycles. The second kappa shape index (κ2) is 3.18. The van der Waals surface area contributed by atoms with Crippen LogP contribution in [0.2, 0.25) is 0 Å². The van der Waals surface area contributed by atoms with E-state index in [1.807, 2.05) is 30.5 Å². The highest BCUT2D eigenvalue weighted by Crippen LogP contribution is 2.22. The molecule has 3 heteroatoms. The fourth-order valence-electron chi connectivity index (χ4n) is 1.32. The molecular formula is C10H10N2S. The third-order valence-corrected chi connectivity index (χ3v) is 2.39. The van der Waals surface area contributed by atoms with Crippen molar-refractivity contribution in [2.75, 3.05) is 5.73 Å². The highest BCUT2D eigenvalue weighted by Gasteiger charge is 2.00. The molecule has 2 aromatic rings. The molecule has 1 heterocycles. The van der Waals surface area contributed by atoms with E-state index in [9.17, 15) is 0 Å². The van der Waals surface area contributed by atoms with Gasteiger partial charge in [-0.2, -0.15) is 4.37 Å². The van der Waals surface area contributed by atoms with Crippen molar-refractivity contribution in [3.63, 3.8) is 0 Å². The molecule has 0 aliphatic rings. The van der Waals surface area contributed by atoms with Crippen LogP contribution in [-0.4, -0.2) is 4.37 Å². The van der Waals surface area contributed by atoms with Crippen molar-refractivity contribution in [3.8, 4) is 11.3 Å². The maximum Gasteiger partial charge on any atom is 0.0841 e. The normalized spacial score (nSPS) is 10.2. The van der Waals surface area contributed by atoms with Gasteiger partial charge in [0.05, 0.1) is 5.69 Å². The maximum absolute atomic E-state index is 5.74. The molecule has 0 unspecified atom stereocenters. The van der Waals surface area contributed by atoms with Gasteiger partial charge in [0.1, 0.15) is 0 Å². The summed E-state index contributed by atoms with van der Waals surface area (Å²) in [5, 5.41) is 1.97. The van der Waals surface area contributed by atoms with Crippen LogP contribution in [0.1, 0.15) is 5.56 Å². The number of benzene rings is 1. The third-order valence-electron chi connectivity index (χ3n) is 1.83. The molecule has 0 fully saturated rings. The first kappa shape index (κ1) is 8.26. The van der Waals surface area contributed by atoms with Gasteiger partial charge >= 0.3 is 0 Å². The quantitative estimate of drug-likeness (QED) is 0.702. The smallest absolute Gasteiger partial charge is 0.0841 e. The Morgan fingerprint density at radius 2 is 2.15 bits per heavy atom. The number of anilines is 1. The van der Waals surface area contributed by atoms with Gasteiger partial charge in [0.25, 0.3) is 0 Å². The molecule has 0 saturated carbocycles. The van der Waals surface area contributed by atoms with Gasteiger partial charge in [-0.1, -0.05) is 0 Å². The maximum atomic E-state index is 5.74. The second-order valence-corrected chi connectivity index (χ2v) is 3.68. The first-order chi connectivity index (χ1) is 6.25. The van der Waals surface area contributed by atoms with Crippen LogP contribution in [0.4, 0.5) is 5.69 Å². The number of aryl methyl sites for hydroxylation is 1. The summed E-state index contributed by atoms with van der Waals surface area (Å²) in [5.74, 6) is 0. The predicted molar refractivity (Wildman–Crippen MR) is 56.7 cm³/mol. The van der Waals surface area contributed by atoms with Crippen LogP contribution in [0.15, 0.2) is 29.6 Å². The lowest BCUT2D eigenvalue weighted by Gasteiger charge is -2.00. The van der Waals surface area contributed by atoms with E-state index in [4.69, 9.17) is 5.73 Å². The molecular weight excluding hydrogens is 180 g/mol. The molecule has 0 saturated heterocycles. The Balaban J connectivity index is 2.53. The summed E-state index contributed by atoms with van der Waals surface area (Å²) in [6.07, 6.45) is 0. The molecule has 1 aromatic heterocycles. The second-order valence-electron chi connectivity index (χ2n) is 3.02. The van der Waals surface area contributed by atoms with Crippen LogP contribution >= 0.6 is 11.5 Å². The molecule has 13 heavy (non-hydrogen) atoms. The van der Waals surface area contributed by atoms with Crippen molar-refractivity contribution in [3.05, 3.63) is 35.2 Å². The Labute approximate surface area is 81.2 Å².